The van der Waals surface area contributed by atoms with Gasteiger partial charge in [-0.25, -0.2) is 0 Å². The lowest BCUT2D eigenvalue weighted by Gasteiger charge is -2.38. The quantitative estimate of drug-likeness (QED) is 0.594. The first kappa shape index (κ1) is 11.0. The number of piperazine rings is 1. The molecule has 0 bridgehead atoms. The van der Waals surface area contributed by atoms with Crippen molar-refractivity contribution in [2.24, 2.45) is 5.73 Å². The average Bonchev–Trinajstić information content (AvgIpc) is 2.18. The van der Waals surface area contributed by atoms with Crippen LogP contribution in [0, 0.1) is 0 Å². The molecule has 1 aliphatic heterocycles. The molecule has 1 aliphatic rings. The van der Waals surface area contributed by atoms with E-state index in [1.165, 1.54) is 0 Å². The SMILES string of the molecule is CCN1CC(C)N(CCN)C(=O)C1=O. The smallest absolute Gasteiger partial charge is 0.312 e. The number of carbonyl (C=O) groups excluding carboxylic acids is 2. The van der Waals surface area contributed by atoms with Crippen molar-refractivity contribution >= 4 is 11.8 Å². The predicted molar refractivity (Wildman–Crippen MR) is 52.5 cm³/mol. The van der Waals surface area contributed by atoms with E-state index >= 15 is 0 Å². The summed E-state index contributed by atoms with van der Waals surface area (Å²) in [5, 5.41) is 0. The molecule has 1 atom stereocenters. The van der Waals surface area contributed by atoms with Gasteiger partial charge >= 0.3 is 11.8 Å². The fraction of sp³-hybridized carbons (Fsp3) is 0.778. The maximum absolute atomic E-state index is 11.6. The number of hydrogen-bond acceptors (Lipinski definition) is 3. The molecule has 1 unspecified atom stereocenters. The Hall–Kier alpha value is -1.10. The topological polar surface area (TPSA) is 66.6 Å². The highest BCUT2D eigenvalue weighted by atomic mass is 16.2. The number of amides is 2. The van der Waals surface area contributed by atoms with Gasteiger partial charge in [-0.05, 0) is 13.8 Å². The lowest BCUT2D eigenvalue weighted by atomic mass is 10.2. The molecule has 1 heterocycles. The average molecular weight is 199 g/mol. The number of rotatable bonds is 3. The van der Waals surface area contributed by atoms with Crippen molar-refractivity contribution in [2.75, 3.05) is 26.2 Å². The second kappa shape index (κ2) is 4.41. The van der Waals surface area contributed by atoms with E-state index in [9.17, 15) is 9.59 Å². The van der Waals surface area contributed by atoms with E-state index in [4.69, 9.17) is 5.73 Å². The Bertz CT molecular complexity index is 242. The van der Waals surface area contributed by atoms with Gasteiger partial charge in [-0.3, -0.25) is 9.59 Å². The lowest BCUT2D eigenvalue weighted by Crippen LogP contribution is -2.59. The van der Waals surface area contributed by atoms with Crippen LogP contribution < -0.4 is 5.73 Å². The number of nitrogens with two attached hydrogens (primary N) is 1. The molecule has 1 saturated heterocycles. The first-order valence-corrected chi connectivity index (χ1v) is 4.91. The van der Waals surface area contributed by atoms with Gasteiger partial charge in [-0.2, -0.15) is 0 Å². The Labute approximate surface area is 83.8 Å². The molecule has 5 nitrogen and oxygen atoms in total. The Morgan fingerprint density at radius 3 is 2.57 bits per heavy atom. The van der Waals surface area contributed by atoms with Gasteiger partial charge in [0, 0.05) is 32.2 Å². The van der Waals surface area contributed by atoms with E-state index in [-0.39, 0.29) is 6.04 Å². The van der Waals surface area contributed by atoms with Gasteiger partial charge in [0.2, 0.25) is 0 Å². The van der Waals surface area contributed by atoms with Crippen LogP contribution in [-0.4, -0.2) is 53.8 Å². The zero-order valence-corrected chi connectivity index (χ0v) is 8.69. The summed E-state index contributed by atoms with van der Waals surface area (Å²) in [6.45, 7) is 5.87. The molecule has 2 N–H and O–H groups in total. The fourth-order valence-electron chi connectivity index (χ4n) is 1.69. The largest absolute Gasteiger partial charge is 0.333 e. The van der Waals surface area contributed by atoms with Gasteiger partial charge in [0.25, 0.3) is 0 Å². The second-order valence-corrected chi connectivity index (χ2v) is 3.48. The summed E-state index contributed by atoms with van der Waals surface area (Å²) >= 11 is 0. The van der Waals surface area contributed by atoms with Crippen molar-refractivity contribution in [1.29, 1.82) is 0 Å². The van der Waals surface area contributed by atoms with Crippen LogP contribution in [0.2, 0.25) is 0 Å². The lowest BCUT2D eigenvalue weighted by molar-refractivity contribution is -0.158. The molecule has 0 spiro atoms. The molecular weight excluding hydrogens is 182 g/mol. The molecule has 0 radical (unpaired) electrons. The summed E-state index contributed by atoms with van der Waals surface area (Å²) < 4.78 is 0. The van der Waals surface area contributed by atoms with Gasteiger partial charge in [0.15, 0.2) is 0 Å². The van der Waals surface area contributed by atoms with Crippen LogP contribution in [0.15, 0.2) is 0 Å². The molecule has 0 saturated carbocycles. The minimum Gasteiger partial charge on any atom is -0.333 e. The highest BCUT2D eigenvalue weighted by Gasteiger charge is 2.35. The van der Waals surface area contributed by atoms with Gasteiger partial charge in [0.1, 0.15) is 0 Å². The van der Waals surface area contributed by atoms with E-state index in [0.29, 0.717) is 26.2 Å². The zero-order valence-electron chi connectivity index (χ0n) is 8.69. The Kier molecular flexibility index (Phi) is 3.46. The van der Waals surface area contributed by atoms with E-state index in [2.05, 4.69) is 0 Å². The molecule has 14 heavy (non-hydrogen) atoms. The number of hydrogen-bond donors (Lipinski definition) is 1. The van der Waals surface area contributed by atoms with Gasteiger partial charge in [-0.15, -0.1) is 0 Å². The summed E-state index contributed by atoms with van der Waals surface area (Å²) in [5.41, 5.74) is 5.38. The van der Waals surface area contributed by atoms with Crippen molar-refractivity contribution < 1.29 is 9.59 Å². The van der Waals surface area contributed by atoms with Crippen LogP contribution in [0.5, 0.6) is 0 Å². The van der Waals surface area contributed by atoms with Gasteiger partial charge < -0.3 is 15.5 Å². The molecule has 5 heteroatoms. The monoisotopic (exact) mass is 199 g/mol. The van der Waals surface area contributed by atoms with Crippen LogP contribution in [-0.2, 0) is 9.59 Å². The van der Waals surface area contributed by atoms with Crippen LogP contribution in [0.3, 0.4) is 0 Å². The summed E-state index contributed by atoms with van der Waals surface area (Å²) in [6.07, 6.45) is 0. The standard InChI is InChI=1S/C9H17N3O2/c1-3-11-6-7(2)12(5-4-10)9(14)8(11)13/h7H,3-6,10H2,1-2H3. The molecule has 0 aromatic carbocycles. The van der Waals surface area contributed by atoms with Crippen molar-refractivity contribution in [3.63, 3.8) is 0 Å². The maximum atomic E-state index is 11.6. The fourth-order valence-corrected chi connectivity index (χ4v) is 1.69. The van der Waals surface area contributed by atoms with E-state index in [0.717, 1.165) is 0 Å². The molecule has 1 rings (SSSR count). The van der Waals surface area contributed by atoms with Crippen LogP contribution in [0.1, 0.15) is 13.8 Å². The third-order valence-corrected chi connectivity index (χ3v) is 2.50. The van der Waals surface area contributed by atoms with Crippen LogP contribution in [0.4, 0.5) is 0 Å². The minimum absolute atomic E-state index is 0.0729. The molecular formula is C9H17N3O2. The summed E-state index contributed by atoms with van der Waals surface area (Å²) in [6, 6.07) is 0.0729. The Balaban J connectivity index is 2.74. The predicted octanol–water partition coefficient (Wildman–Crippen LogP) is -0.976. The van der Waals surface area contributed by atoms with Crippen molar-refractivity contribution in [2.45, 2.75) is 19.9 Å². The van der Waals surface area contributed by atoms with Crippen molar-refractivity contribution in [1.82, 2.24) is 9.80 Å². The Morgan fingerprint density at radius 2 is 2.07 bits per heavy atom. The molecule has 2 amide bonds. The van der Waals surface area contributed by atoms with Crippen LogP contribution in [0.25, 0.3) is 0 Å². The first-order chi connectivity index (χ1) is 6.61. The molecule has 0 aliphatic carbocycles. The summed E-state index contributed by atoms with van der Waals surface area (Å²) in [5.74, 6) is -0.824. The molecule has 80 valence electrons. The minimum atomic E-state index is -0.420. The number of nitrogens with zero attached hydrogens (tertiary/aromatic N) is 2. The Morgan fingerprint density at radius 1 is 1.43 bits per heavy atom. The zero-order chi connectivity index (χ0) is 10.7. The van der Waals surface area contributed by atoms with Crippen molar-refractivity contribution in [3.8, 4) is 0 Å². The first-order valence-electron chi connectivity index (χ1n) is 4.91. The van der Waals surface area contributed by atoms with Gasteiger partial charge in [-0.1, -0.05) is 0 Å². The second-order valence-electron chi connectivity index (χ2n) is 3.48. The van der Waals surface area contributed by atoms with Crippen molar-refractivity contribution in [3.05, 3.63) is 0 Å². The molecule has 1 fully saturated rings. The van der Waals surface area contributed by atoms with E-state index in [1.54, 1.807) is 9.80 Å². The number of carbonyl (C=O) groups is 2. The molecule has 0 aromatic rings. The maximum Gasteiger partial charge on any atom is 0.312 e. The summed E-state index contributed by atoms with van der Waals surface area (Å²) in [4.78, 5) is 26.2. The summed E-state index contributed by atoms with van der Waals surface area (Å²) in [7, 11) is 0. The van der Waals surface area contributed by atoms with Crippen LogP contribution >= 0.6 is 0 Å². The third kappa shape index (κ3) is 1.87. The highest BCUT2D eigenvalue weighted by Crippen LogP contribution is 2.10. The van der Waals surface area contributed by atoms with E-state index in [1.807, 2.05) is 13.8 Å². The number of likely N-dealkylation sites (N-methyl/N-ethyl adjacent to an activating group) is 1. The van der Waals surface area contributed by atoms with Gasteiger partial charge in [0.05, 0.1) is 0 Å². The highest BCUT2D eigenvalue weighted by molar-refractivity contribution is 6.35. The van der Waals surface area contributed by atoms with E-state index < -0.39 is 11.8 Å². The third-order valence-electron chi connectivity index (χ3n) is 2.50. The normalized spacial score (nSPS) is 23.2. The molecule has 0 aromatic heterocycles.